The maximum atomic E-state index is 13.8. The molecule has 2 atom stereocenters. The molecule has 1 aliphatic heterocycles. The summed E-state index contributed by atoms with van der Waals surface area (Å²) in [6.07, 6.45) is -2.69. The van der Waals surface area contributed by atoms with Gasteiger partial charge in [0.05, 0.1) is 5.56 Å². The van der Waals surface area contributed by atoms with E-state index in [9.17, 15) is 13.6 Å². The predicted molar refractivity (Wildman–Crippen MR) is 69.0 cm³/mol. The predicted octanol–water partition coefficient (Wildman–Crippen LogP) is 0.570. The fourth-order valence-corrected chi connectivity index (χ4v) is 1.88. The van der Waals surface area contributed by atoms with Gasteiger partial charge in [-0.1, -0.05) is 0 Å². The molecule has 0 bridgehead atoms. The normalized spacial score (nSPS) is 21.4. The van der Waals surface area contributed by atoms with Gasteiger partial charge in [0.1, 0.15) is 12.4 Å². The monoisotopic (exact) mass is 347 g/mol. The Bertz CT molecular complexity index is 692. The van der Waals surface area contributed by atoms with E-state index in [2.05, 4.69) is 31.7 Å². The summed E-state index contributed by atoms with van der Waals surface area (Å²) in [7, 11) is 0. The molecule has 2 heterocycles. The van der Waals surface area contributed by atoms with Crippen LogP contribution in [0.25, 0.3) is 0 Å². The van der Waals surface area contributed by atoms with Crippen molar-refractivity contribution in [2.24, 2.45) is 0 Å². The van der Waals surface area contributed by atoms with E-state index in [4.69, 9.17) is 15.6 Å². The molecule has 0 fully saturated rings. The average molecular weight is 348 g/mol. The van der Waals surface area contributed by atoms with E-state index < -0.39 is 36.3 Å². The van der Waals surface area contributed by atoms with Crippen molar-refractivity contribution in [2.75, 3.05) is 12.3 Å². The molecule has 3 N–H and O–H groups in total. The molecule has 1 aliphatic rings. The fourth-order valence-electron chi connectivity index (χ4n) is 1.66. The number of hydrogen-bond acceptors (Lipinski definition) is 5. The fraction of sp³-hybridized carbons (Fsp3) is 0.273. The lowest BCUT2D eigenvalue weighted by atomic mass is 10.3. The molecule has 0 aliphatic carbocycles. The largest absolute Gasteiger partial charge is 0.465 e. The first kappa shape index (κ1) is 14.5. The van der Waals surface area contributed by atoms with Crippen LogP contribution in [0.1, 0.15) is 11.8 Å². The van der Waals surface area contributed by atoms with Gasteiger partial charge < -0.3 is 15.6 Å². The minimum Gasteiger partial charge on any atom is -0.465 e. The Kier molecular flexibility index (Phi) is 4.06. The molecule has 106 valence electrons. The second-order valence-corrected chi connectivity index (χ2v) is 4.19. The molecule has 20 heavy (non-hydrogen) atoms. The van der Waals surface area contributed by atoms with Crippen LogP contribution in [0.5, 0.6) is 0 Å². The lowest BCUT2D eigenvalue weighted by molar-refractivity contribution is 0.0181. The summed E-state index contributed by atoms with van der Waals surface area (Å²) in [6.45, 7) is -0.812. The molecule has 1 aromatic rings. The van der Waals surface area contributed by atoms with Crippen molar-refractivity contribution >= 4 is 21.7 Å². The Labute approximate surface area is 120 Å². The molecule has 0 saturated carbocycles. The first-order chi connectivity index (χ1) is 9.49. The molecule has 6 nitrogen and oxygen atoms in total. The lowest BCUT2D eigenvalue weighted by Gasteiger charge is -2.17. The molecule has 0 amide bonds. The first-order valence-electron chi connectivity index (χ1n) is 5.30. The molecule has 0 spiro atoms. The third-order valence-corrected chi connectivity index (χ3v) is 2.80. The standard InChI is InChI=1S/C11H8BrF2N3O3/c12-2-1-5-3-17(11(19)16-9(5)15)10-8(14)7(13)6(4-18)20-10/h3,8,10,18H,4H2,(H2,15,16,19). The number of anilines is 1. The Morgan fingerprint density at radius 3 is 2.90 bits per heavy atom. The van der Waals surface area contributed by atoms with E-state index >= 15 is 0 Å². The van der Waals surface area contributed by atoms with Gasteiger partial charge in [0.15, 0.2) is 11.6 Å². The summed E-state index contributed by atoms with van der Waals surface area (Å²) in [5.41, 5.74) is 4.72. The van der Waals surface area contributed by atoms with Gasteiger partial charge in [-0.15, -0.1) is 0 Å². The number of halogens is 3. The van der Waals surface area contributed by atoms with Crippen LogP contribution in [0.3, 0.4) is 0 Å². The molecule has 0 radical (unpaired) electrons. The summed E-state index contributed by atoms with van der Waals surface area (Å²) < 4.78 is 32.8. The van der Waals surface area contributed by atoms with Crippen molar-refractivity contribution in [2.45, 2.75) is 12.4 Å². The smallest absolute Gasteiger partial charge is 0.352 e. The Balaban J connectivity index is 2.47. The number of nitrogens with two attached hydrogens (primary N) is 1. The maximum absolute atomic E-state index is 13.8. The zero-order valence-electron chi connectivity index (χ0n) is 9.81. The molecule has 0 aromatic carbocycles. The first-order valence-corrected chi connectivity index (χ1v) is 6.09. The average Bonchev–Trinajstić information content (AvgIpc) is 2.70. The van der Waals surface area contributed by atoms with Crippen LogP contribution in [0.4, 0.5) is 14.6 Å². The van der Waals surface area contributed by atoms with Crippen LogP contribution >= 0.6 is 15.9 Å². The molecule has 1 aromatic heterocycles. The van der Waals surface area contributed by atoms with E-state index in [0.717, 1.165) is 10.8 Å². The summed E-state index contributed by atoms with van der Waals surface area (Å²) in [5.74, 6) is 0.555. The van der Waals surface area contributed by atoms with Gasteiger partial charge >= 0.3 is 5.69 Å². The van der Waals surface area contributed by atoms with Gasteiger partial charge in [-0.05, 0) is 10.8 Å². The SMILES string of the molecule is Nc1nc(=O)n(C2OC(CO)=C(F)C2F)cc1C#CBr. The maximum Gasteiger partial charge on any atom is 0.352 e. The van der Waals surface area contributed by atoms with Crippen molar-refractivity contribution in [1.82, 2.24) is 9.55 Å². The van der Waals surface area contributed by atoms with Gasteiger partial charge in [-0.3, -0.25) is 4.57 Å². The Morgan fingerprint density at radius 1 is 1.65 bits per heavy atom. The van der Waals surface area contributed by atoms with Gasteiger partial charge in [-0.25, -0.2) is 13.6 Å². The van der Waals surface area contributed by atoms with Crippen molar-refractivity contribution in [3.05, 3.63) is 33.8 Å². The minimum absolute atomic E-state index is 0.137. The van der Waals surface area contributed by atoms with Crippen LogP contribution in [0, 0.1) is 10.8 Å². The third kappa shape index (κ3) is 2.39. The number of hydrogen-bond donors (Lipinski definition) is 2. The number of ether oxygens (including phenoxy) is 1. The van der Waals surface area contributed by atoms with Gasteiger partial charge in [-0.2, -0.15) is 4.98 Å². The minimum atomic E-state index is -2.22. The number of aliphatic hydroxyl groups excluding tert-OH is 1. The summed E-state index contributed by atoms with van der Waals surface area (Å²) in [6, 6.07) is 0. The highest BCUT2D eigenvalue weighted by Crippen LogP contribution is 2.34. The molecule has 2 unspecified atom stereocenters. The molecular weight excluding hydrogens is 340 g/mol. The second kappa shape index (κ2) is 5.60. The number of alkyl halides is 1. The van der Waals surface area contributed by atoms with Crippen molar-refractivity contribution in [3.8, 4) is 10.8 Å². The van der Waals surface area contributed by atoms with Crippen molar-refractivity contribution in [1.29, 1.82) is 0 Å². The van der Waals surface area contributed by atoms with Gasteiger partial charge in [0.2, 0.25) is 12.4 Å². The van der Waals surface area contributed by atoms with E-state index in [1.54, 1.807) is 0 Å². The summed E-state index contributed by atoms with van der Waals surface area (Å²) in [4.78, 5) is 17.5. The Hall–Kier alpha value is -1.92. The zero-order chi connectivity index (χ0) is 14.9. The van der Waals surface area contributed by atoms with Crippen LogP contribution in [0.15, 0.2) is 22.6 Å². The highest BCUT2D eigenvalue weighted by Gasteiger charge is 2.39. The second-order valence-electron chi connectivity index (χ2n) is 3.79. The van der Waals surface area contributed by atoms with Gasteiger partial charge in [0, 0.05) is 22.1 Å². The number of nitrogen functional groups attached to an aromatic ring is 1. The van der Waals surface area contributed by atoms with E-state index in [1.807, 2.05) is 0 Å². The quantitative estimate of drug-likeness (QED) is 0.763. The topological polar surface area (TPSA) is 90.4 Å². The van der Waals surface area contributed by atoms with E-state index in [0.29, 0.717) is 0 Å². The molecule has 2 rings (SSSR count). The summed E-state index contributed by atoms with van der Waals surface area (Å²) in [5, 5.41) is 8.83. The molecule has 0 saturated heterocycles. The molecule has 9 heteroatoms. The third-order valence-electron chi connectivity index (χ3n) is 2.60. The van der Waals surface area contributed by atoms with Crippen LogP contribution in [-0.2, 0) is 4.74 Å². The highest BCUT2D eigenvalue weighted by atomic mass is 79.9. The zero-order valence-corrected chi connectivity index (χ0v) is 11.4. The van der Waals surface area contributed by atoms with Crippen LogP contribution in [0.2, 0.25) is 0 Å². The number of aromatic nitrogens is 2. The summed E-state index contributed by atoms with van der Waals surface area (Å²) >= 11 is 2.85. The van der Waals surface area contributed by atoms with Crippen molar-refractivity contribution in [3.63, 3.8) is 0 Å². The van der Waals surface area contributed by atoms with E-state index in [1.165, 1.54) is 0 Å². The number of rotatable bonds is 2. The van der Waals surface area contributed by atoms with Crippen LogP contribution < -0.4 is 11.4 Å². The Morgan fingerprint density at radius 2 is 2.35 bits per heavy atom. The van der Waals surface area contributed by atoms with E-state index in [-0.39, 0.29) is 11.4 Å². The van der Waals surface area contributed by atoms with Crippen molar-refractivity contribution < 1.29 is 18.6 Å². The van der Waals surface area contributed by atoms with Gasteiger partial charge in [0.25, 0.3) is 0 Å². The number of aliphatic hydroxyl groups is 1. The van der Waals surface area contributed by atoms with Crippen LogP contribution in [-0.4, -0.2) is 27.4 Å². The number of nitrogens with zero attached hydrogens (tertiary/aromatic N) is 2. The lowest BCUT2D eigenvalue weighted by Crippen LogP contribution is -2.32. The molecular formula is C11H8BrF2N3O3. The highest BCUT2D eigenvalue weighted by molar-refractivity contribution is 9.12.